The Hall–Kier alpha value is -1.43. The van der Waals surface area contributed by atoms with Gasteiger partial charge < -0.3 is 10.2 Å². The molecule has 0 bridgehead atoms. The van der Waals surface area contributed by atoms with Crippen molar-refractivity contribution in [3.8, 4) is 0 Å². The van der Waals surface area contributed by atoms with Gasteiger partial charge in [0.2, 0.25) is 17.7 Å². The average Bonchev–Trinajstić information content (AvgIpc) is 2.33. The fraction of sp³-hybridized carbons (Fsp3) is 0.750. The maximum atomic E-state index is 12.3. The van der Waals surface area contributed by atoms with Crippen LogP contribution in [0.5, 0.6) is 0 Å². The summed E-state index contributed by atoms with van der Waals surface area (Å²) in [6.45, 7) is 4.53. The van der Waals surface area contributed by atoms with Crippen LogP contribution in [0.4, 0.5) is 0 Å². The molecule has 18 heavy (non-hydrogen) atoms. The summed E-state index contributed by atoms with van der Waals surface area (Å²) in [5, 5.41) is 5.40. The molecule has 2 N–H and O–H groups in total. The number of nitrogens with one attached hydrogen (secondary N) is 2. The molecule has 0 aromatic rings. The predicted octanol–water partition coefficient (Wildman–Crippen LogP) is -0.752. The molecule has 6 heteroatoms. The summed E-state index contributed by atoms with van der Waals surface area (Å²) in [5.74, 6) is -0.458. The summed E-state index contributed by atoms with van der Waals surface area (Å²) in [5.41, 5.74) is 0. The number of amides is 3. The highest BCUT2D eigenvalue weighted by molar-refractivity contribution is 6.04. The van der Waals surface area contributed by atoms with Crippen LogP contribution < -0.4 is 10.6 Å². The van der Waals surface area contributed by atoms with Crippen molar-refractivity contribution in [3.63, 3.8) is 0 Å². The molecule has 0 aromatic heterocycles. The van der Waals surface area contributed by atoms with E-state index in [9.17, 15) is 14.4 Å². The van der Waals surface area contributed by atoms with Crippen molar-refractivity contribution in [1.82, 2.24) is 15.5 Å². The number of piperidine rings is 1. The molecule has 2 rings (SSSR count). The van der Waals surface area contributed by atoms with Crippen LogP contribution in [0.15, 0.2) is 0 Å². The van der Waals surface area contributed by atoms with Gasteiger partial charge in [0, 0.05) is 0 Å². The van der Waals surface area contributed by atoms with Crippen LogP contribution in [0.1, 0.15) is 26.7 Å². The average molecular weight is 253 g/mol. The summed E-state index contributed by atoms with van der Waals surface area (Å²) >= 11 is 0. The van der Waals surface area contributed by atoms with Crippen LogP contribution in [0.2, 0.25) is 0 Å². The Kier molecular flexibility index (Phi) is 3.65. The Morgan fingerprint density at radius 1 is 1.33 bits per heavy atom. The maximum absolute atomic E-state index is 12.3. The molecule has 0 radical (unpaired) electrons. The predicted molar refractivity (Wildman–Crippen MR) is 64.5 cm³/mol. The largest absolute Gasteiger partial charge is 0.320 e. The first-order valence-corrected chi connectivity index (χ1v) is 6.36. The van der Waals surface area contributed by atoms with E-state index >= 15 is 0 Å². The molecular weight excluding hydrogens is 234 g/mol. The molecular formula is C12H19N3O3. The Morgan fingerprint density at radius 3 is 2.72 bits per heavy atom. The van der Waals surface area contributed by atoms with Crippen LogP contribution in [-0.2, 0) is 14.4 Å². The second kappa shape index (κ2) is 5.06. The van der Waals surface area contributed by atoms with Crippen LogP contribution >= 0.6 is 0 Å². The van der Waals surface area contributed by atoms with Crippen molar-refractivity contribution in [2.75, 3.05) is 13.1 Å². The van der Waals surface area contributed by atoms with Gasteiger partial charge in [0.15, 0.2) is 0 Å². The highest BCUT2D eigenvalue weighted by atomic mass is 16.2. The van der Waals surface area contributed by atoms with E-state index in [2.05, 4.69) is 17.6 Å². The van der Waals surface area contributed by atoms with E-state index in [0.29, 0.717) is 5.92 Å². The molecule has 2 aliphatic heterocycles. The lowest BCUT2D eigenvalue weighted by Crippen LogP contribution is -2.62. The number of carbonyl (C=O) groups is 3. The highest BCUT2D eigenvalue weighted by Crippen LogP contribution is 2.18. The van der Waals surface area contributed by atoms with Gasteiger partial charge >= 0.3 is 0 Å². The SMILES string of the molecule is CC1CCNC(C(=O)N2CC(=O)NC(=O)C2C)C1. The first-order chi connectivity index (χ1) is 8.49. The number of nitrogens with zero attached hydrogens (tertiary/aromatic N) is 1. The van der Waals surface area contributed by atoms with Crippen LogP contribution in [0, 0.1) is 5.92 Å². The van der Waals surface area contributed by atoms with Crippen molar-refractivity contribution in [1.29, 1.82) is 0 Å². The highest BCUT2D eigenvalue weighted by Gasteiger charge is 2.37. The van der Waals surface area contributed by atoms with E-state index in [0.717, 1.165) is 19.4 Å². The standard InChI is InChI=1S/C12H19N3O3/c1-7-3-4-13-9(5-7)12(18)15-6-10(16)14-11(17)8(15)2/h7-9,13H,3-6H2,1-2H3,(H,14,16,17). The molecule has 0 spiro atoms. The Bertz CT molecular complexity index is 383. The zero-order valence-electron chi connectivity index (χ0n) is 10.7. The van der Waals surface area contributed by atoms with Gasteiger partial charge in [0.25, 0.3) is 0 Å². The Morgan fingerprint density at radius 2 is 2.06 bits per heavy atom. The van der Waals surface area contributed by atoms with Gasteiger partial charge in [-0.3, -0.25) is 19.7 Å². The third kappa shape index (κ3) is 2.53. The summed E-state index contributed by atoms with van der Waals surface area (Å²) < 4.78 is 0. The minimum absolute atomic E-state index is 0.0295. The van der Waals surface area contributed by atoms with Gasteiger partial charge in [0.1, 0.15) is 12.6 Å². The van der Waals surface area contributed by atoms with E-state index in [1.807, 2.05) is 0 Å². The molecule has 2 fully saturated rings. The molecule has 2 aliphatic rings. The molecule has 100 valence electrons. The fourth-order valence-electron chi connectivity index (χ4n) is 2.48. The number of carbonyl (C=O) groups excluding carboxylic acids is 3. The topological polar surface area (TPSA) is 78.5 Å². The first kappa shape index (κ1) is 13.0. The van der Waals surface area contributed by atoms with Gasteiger partial charge in [-0.2, -0.15) is 0 Å². The van der Waals surface area contributed by atoms with Gasteiger partial charge in [-0.15, -0.1) is 0 Å². The normalized spacial score (nSPS) is 33.2. The molecule has 0 aromatic carbocycles. The molecule has 3 atom stereocenters. The third-order valence-corrected chi connectivity index (χ3v) is 3.67. The second-order valence-electron chi connectivity index (χ2n) is 5.19. The molecule has 0 saturated carbocycles. The van der Waals surface area contributed by atoms with Crippen LogP contribution in [0.25, 0.3) is 0 Å². The molecule has 0 aliphatic carbocycles. The summed E-state index contributed by atoms with van der Waals surface area (Å²) in [6.07, 6.45) is 1.82. The number of hydrogen-bond donors (Lipinski definition) is 2. The van der Waals surface area contributed by atoms with Crippen molar-refractivity contribution < 1.29 is 14.4 Å². The third-order valence-electron chi connectivity index (χ3n) is 3.67. The first-order valence-electron chi connectivity index (χ1n) is 6.36. The lowest BCUT2D eigenvalue weighted by molar-refractivity contribution is -0.150. The summed E-state index contributed by atoms with van der Waals surface area (Å²) in [4.78, 5) is 36.6. The van der Waals surface area contributed by atoms with Crippen molar-refractivity contribution in [3.05, 3.63) is 0 Å². The summed E-state index contributed by atoms with van der Waals surface area (Å²) in [6, 6.07) is -0.843. The molecule has 6 nitrogen and oxygen atoms in total. The van der Waals surface area contributed by atoms with Gasteiger partial charge in [-0.1, -0.05) is 6.92 Å². The van der Waals surface area contributed by atoms with E-state index in [-0.39, 0.29) is 18.5 Å². The monoisotopic (exact) mass is 253 g/mol. The molecule has 3 unspecified atom stereocenters. The van der Waals surface area contributed by atoms with E-state index in [1.165, 1.54) is 4.90 Å². The zero-order valence-corrected chi connectivity index (χ0v) is 10.7. The van der Waals surface area contributed by atoms with Crippen LogP contribution in [-0.4, -0.2) is 47.8 Å². The number of hydrogen-bond acceptors (Lipinski definition) is 4. The second-order valence-corrected chi connectivity index (χ2v) is 5.19. The minimum Gasteiger partial charge on any atom is -0.320 e. The van der Waals surface area contributed by atoms with E-state index in [4.69, 9.17) is 0 Å². The Balaban J connectivity index is 2.07. The Labute approximate surface area is 106 Å². The van der Waals surface area contributed by atoms with Crippen molar-refractivity contribution in [2.45, 2.75) is 38.8 Å². The molecule has 2 saturated heterocycles. The van der Waals surface area contributed by atoms with Crippen molar-refractivity contribution >= 4 is 17.7 Å². The van der Waals surface area contributed by atoms with Gasteiger partial charge in [0.05, 0.1) is 6.04 Å². The summed E-state index contributed by atoms with van der Waals surface area (Å²) in [7, 11) is 0. The van der Waals surface area contributed by atoms with Gasteiger partial charge in [-0.05, 0) is 32.2 Å². The maximum Gasteiger partial charge on any atom is 0.249 e. The quantitative estimate of drug-likeness (QED) is 0.603. The fourth-order valence-corrected chi connectivity index (χ4v) is 2.48. The number of rotatable bonds is 1. The smallest absolute Gasteiger partial charge is 0.249 e. The van der Waals surface area contributed by atoms with Crippen LogP contribution in [0.3, 0.4) is 0 Å². The lowest BCUT2D eigenvalue weighted by atomic mass is 9.93. The van der Waals surface area contributed by atoms with E-state index < -0.39 is 17.9 Å². The molecule has 3 amide bonds. The van der Waals surface area contributed by atoms with Gasteiger partial charge in [-0.25, -0.2) is 0 Å². The van der Waals surface area contributed by atoms with E-state index in [1.54, 1.807) is 6.92 Å². The minimum atomic E-state index is -0.575. The zero-order chi connectivity index (χ0) is 13.3. The lowest BCUT2D eigenvalue weighted by Gasteiger charge is -2.36. The number of piperazine rings is 1. The number of imide groups is 1. The van der Waals surface area contributed by atoms with Crippen molar-refractivity contribution in [2.24, 2.45) is 5.92 Å². The molecule has 2 heterocycles.